The quantitative estimate of drug-likeness (QED) is 0.763. The molecule has 1 aliphatic rings. The second-order valence-electron chi connectivity index (χ2n) is 7.59. The highest BCUT2D eigenvalue weighted by atomic mass is 16.3. The Morgan fingerprint density at radius 3 is 2.14 bits per heavy atom. The highest BCUT2D eigenvalue weighted by Gasteiger charge is 2.39. The van der Waals surface area contributed by atoms with Crippen LogP contribution in [0.5, 0.6) is 0 Å². The number of aliphatic hydroxyl groups is 1. The minimum atomic E-state index is -0.592. The molecule has 2 rings (SSSR count). The fourth-order valence-electron chi connectivity index (χ4n) is 3.72. The van der Waals surface area contributed by atoms with Gasteiger partial charge in [0.05, 0.1) is 5.60 Å². The van der Waals surface area contributed by atoms with Crippen molar-refractivity contribution in [3.8, 4) is 0 Å². The van der Waals surface area contributed by atoms with E-state index in [2.05, 4.69) is 52.0 Å². The van der Waals surface area contributed by atoms with E-state index in [1.807, 2.05) is 0 Å². The molecule has 0 amide bonds. The summed E-state index contributed by atoms with van der Waals surface area (Å²) in [6.45, 7) is 9.24. The second-order valence-corrected chi connectivity index (χ2v) is 7.59. The van der Waals surface area contributed by atoms with Crippen LogP contribution < -0.4 is 0 Å². The summed E-state index contributed by atoms with van der Waals surface area (Å²) in [4.78, 5) is 0. The summed E-state index contributed by atoms with van der Waals surface area (Å²) in [5.74, 6) is 0.752. The third-order valence-electron chi connectivity index (χ3n) is 5.86. The van der Waals surface area contributed by atoms with Gasteiger partial charge in [-0.3, -0.25) is 0 Å². The smallest absolute Gasteiger partial charge is 0.0896 e. The molecular formula is C20H32O. The third-order valence-corrected chi connectivity index (χ3v) is 5.86. The van der Waals surface area contributed by atoms with Crippen molar-refractivity contribution in [1.29, 1.82) is 0 Å². The van der Waals surface area contributed by atoms with Crippen LogP contribution >= 0.6 is 0 Å². The highest BCUT2D eigenvalue weighted by molar-refractivity contribution is 5.28. The molecule has 1 fully saturated rings. The zero-order valence-corrected chi connectivity index (χ0v) is 14.3. The molecule has 1 heteroatoms. The van der Waals surface area contributed by atoms with Crippen LogP contribution in [0.4, 0.5) is 0 Å². The fraction of sp³-hybridized carbons (Fsp3) is 0.700. The molecule has 0 heterocycles. The molecule has 21 heavy (non-hydrogen) atoms. The maximum atomic E-state index is 11.0. The lowest BCUT2D eigenvalue weighted by Gasteiger charge is -2.42. The molecule has 1 aromatic carbocycles. The number of aryl methyl sites for hydroxylation is 1. The summed E-state index contributed by atoms with van der Waals surface area (Å²) in [5.41, 5.74) is 2.32. The Hall–Kier alpha value is -0.820. The largest absolute Gasteiger partial charge is 0.385 e. The zero-order chi connectivity index (χ0) is 15.5. The van der Waals surface area contributed by atoms with E-state index in [9.17, 15) is 5.11 Å². The lowest BCUT2D eigenvalue weighted by Crippen LogP contribution is -2.36. The Bertz CT molecular complexity index is 435. The van der Waals surface area contributed by atoms with Crippen molar-refractivity contribution in [2.45, 2.75) is 78.2 Å². The van der Waals surface area contributed by atoms with Gasteiger partial charge in [0.2, 0.25) is 0 Å². The van der Waals surface area contributed by atoms with Crippen LogP contribution in [0.25, 0.3) is 0 Å². The first-order chi connectivity index (χ1) is 9.91. The Balaban J connectivity index is 2.04. The summed E-state index contributed by atoms with van der Waals surface area (Å²) < 4.78 is 0. The second kappa shape index (κ2) is 6.52. The Morgan fingerprint density at radius 2 is 1.67 bits per heavy atom. The van der Waals surface area contributed by atoms with Gasteiger partial charge in [0.15, 0.2) is 0 Å². The molecule has 1 saturated carbocycles. The summed E-state index contributed by atoms with van der Waals surface area (Å²) in [7, 11) is 0. The highest BCUT2D eigenvalue weighted by Crippen LogP contribution is 2.46. The van der Waals surface area contributed by atoms with Crippen LogP contribution in [0.3, 0.4) is 0 Å². The SMILES string of the molecule is CCCc1ccc(C2(O)CCC(C(C)(C)CC)CC2)cc1. The van der Waals surface area contributed by atoms with Gasteiger partial charge in [-0.25, -0.2) is 0 Å². The summed E-state index contributed by atoms with van der Waals surface area (Å²) in [6, 6.07) is 8.68. The third kappa shape index (κ3) is 3.69. The van der Waals surface area contributed by atoms with Crippen molar-refractivity contribution in [3.05, 3.63) is 35.4 Å². The Labute approximate surface area is 130 Å². The van der Waals surface area contributed by atoms with Crippen LogP contribution in [0.15, 0.2) is 24.3 Å². The predicted molar refractivity (Wildman–Crippen MR) is 90.4 cm³/mol. The monoisotopic (exact) mass is 288 g/mol. The molecule has 0 radical (unpaired) electrons. The Kier molecular flexibility index (Phi) is 5.14. The number of hydrogen-bond acceptors (Lipinski definition) is 1. The normalized spacial score (nSPS) is 26.8. The average Bonchev–Trinajstić information content (AvgIpc) is 2.49. The van der Waals surface area contributed by atoms with Gasteiger partial charge in [-0.15, -0.1) is 0 Å². The fourth-order valence-corrected chi connectivity index (χ4v) is 3.72. The molecule has 0 bridgehead atoms. The van der Waals surface area contributed by atoms with Crippen molar-refractivity contribution in [3.63, 3.8) is 0 Å². The summed E-state index contributed by atoms with van der Waals surface area (Å²) in [5, 5.41) is 11.0. The maximum absolute atomic E-state index is 11.0. The number of rotatable bonds is 5. The number of benzene rings is 1. The van der Waals surface area contributed by atoms with Crippen LogP contribution in [0, 0.1) is 11.3 Å². The van der Waals surface area contributed by atoms with Crippen LogP contribution in [-0.2, 0) is 12.0 Å². The molecule has 1 aliphatic carbocycles. The van der Waals surface area contributed by atoms with E-state index in [0.29, 0.717) is 5.41 Å². The molecular weight excluding hydrogens is 256 g/mol. The molecule has 0 aromatic heterocycles. The van der Waals surface area contributed by atoms with Crippen molar-refractivity contribution in [2.24, 2.45) is 11.3 Å². The molecule has 1 nitrogen and oxygen atoms in total. The van der Waals surface area contributed by atoms with Crippen molar-refractivity contribution < 1.29 is 5.11 Å². The van der Waals surface area contributed by atoms with E-state index in [4.69, 9.17) is 0 Å². The van der Waals surface area contributed by atoms with Gasteiger partial charge in [-0.05, 0) is 54.6 Å². The van der Waals surface area contributed by atoms with Gasteiger partial charge >= 0.3 is 0 Å². The first kappa shape index (κ1) is 16.5. The summed E-state index contributed by atoms with van der Waals surface area (Å²) >= 11 is 0. The van der Waals surface area contributed by atoms with Crippen LogP contribution in [0.1, 0.15) is 77.3 Å². The predicted octanol–water partition coefficient (Wildman–Crippen LogP) is 5.45. The van der Waals surface area contributed by atoms with Gasteiger partial charge in [0.1, 0.15) is 0 Å². The van der Waals surface area contributed by atoms with Gasteiger partial charge in [0.25, 0.3) is 0 Å². The van der Waals surface area contributed by atoms with E-state index in [1.165, 1.54) is 18.4 Å². The Morgan fingerprint density at radius 1 is 1.10 bits per heavy atom. The van der Waals surface area contributed by atoms with Crippen LogP contribution in [-0.4, -0.2) is 5.11 Å². The van der Waals surface area contributed by atoms with Gasteiger partial charge in [-0.2, -0.15) is 0 Å². The van der Waals surface area contributed by atoms with Crippen molar-refractivity contribution in [1.82, 2.24) is 0 Å². The van der Waals surface area contributed by atoms with Crippen molar-refractivity contribution in [2.75, 3.05) is 0 Å². The van der Waals surface area contributed by atoms with Gasteiger partial charge in [0, 0.05) is 0 Å². The van der Waals surface area contributed by atoms with Crippen molar-refractivity contribution >= 4 is 0 Å². The van der Waals surface area contributed by atoms with E-state index in [-0.39, 0.29) is 0 Å². The first-order valence-corrected chi connectivity index (χ1v) is 8.73. The molecule has 118 valence electrons. The minimum absolute atomic E-state index is 0.409. The van der Waals surface area contributed by atoms with E-state index in [1.54, 1.807) is 0 Å². The molecule has 1 N–H and O–H groups in total. The lowest BCUT2D eigenvalue weighted by molar-refractivity contribution is -0.0328. The van der Waals surface area contributed by atoms with Gasteiger partial charge < -0.3 is 5.11 Å². The zero-order valence-electron chi connectivity index (χ0n) is 14.3. The molecule has 0 atom stereocenters. The standard InChI is InChI=1S/C20H32O/c1-5-7-16-8-10-18(11-9-16)20(21)14-12-17(13-15-20)19(3,4)6-2/h8-11,17,21H,5-7,12-15H2,1-4H3. The number of hydrogen-bond donors (Lipinski definition) is 1. The molecule has 0 spiro atoms. The topological polar surface area (TPSA) is 20.2 Å². The van der Waals surface area contributed by atoms with E-state index < -0.39 is 5.60 Å². The minimum Gasteiger partial charge on any atom is -0.385 e. The molecule has 1 aromatic rings. The maximum Gasteiger partial charge on any atom is 0.0896 e. The lowest BCUT2D eigenvalue weighted by atomic mass is 9.65. The first-order valence-electron chi connectivity index (χ1n) is 8.73. The van der Waals surface area contributed by atoms with Crippen LogP contribution in [0.2, 0.25) is 0 Å². The summed E-state index contributed by atoms with van der Waals surface area (Å²) in [6.07, 6.45) is 7.65. The molecule has 0 unspecified atom stereocenters. The molecule has 0 saturated heterocycles. The van der Waals surface area contributed by atoms with E-state index in [0.717, 1.165) is 43.6 Å². The molecule has 0 aliphatic heterocycles. The average molecular weight is 288 g/mol. The van der Waals surface area contributed by atoms with E-state index >= 15 is 0 Å². The van der Waals surface area contributed by atoms with Gasteiger partial charge in [-0.1, -0.05) is 64.8 Å².